The van der Waals surface area contributed by atoms with E-state index in [9.17, 15) is 23.3 Å². The molecule has 0 saturated heterocycles. The van der Waals surface area contributed by atoms with E-state index in [4.69, 9.17) is 5.11 Å². The largest absolute Gasteiger partial charge is 0.480 e. The SMILES string of the molecule is CS(=O)(=O)c1ccc(N(CC(=O)O)C2CC2)c([N+](=O)[O-])c1. The fraction of sp³-hybridized carbons (Fsp3) is 0.417. The lowest BCUT2D eigenvalue weighted by molar-refractivity contribution is -0.384. The van der Waals surface area contributed by atoms with E-state index in [1.165, 1.54) is 17.0 Å². The molecule has 1 N–H and O–H groups in total. The van der Waals surface area contributed by atoms with Crippen molar-refractivity contribution >= 4 is 27.2 Å². The minimum atomic E-state index is -3.57. The molecule has 2 rings (SSSR count). The van der Waals surface area contributed by atoms with Crippen molar-refractivity contribution < 1.29 is 23.2 Å². The fourth-order valence-electron chi connectivity index (χ4n) is 2.07. The zero-order valence-corrected chi connectivity index (χ0v) is 12.0. The lowest BCUT2D eigenvalue weighted by Gasteiger charge is -2.22. The Labute approximate surface area is 121 Å². The summed E-state index contributed by atoms with van der Waals surface area (Å²) in [5.41, 5.74) is -0.261. The Morgan fingerprint density at radius 1 is 1.48 bits per heavy atom. The van der Waals surface area contributed by atoms with Crippen LogP contribution < -0.4 is 4.90 Å². The summed E-state index contributed by atoms with van der Waals surface area (Å²) in [5.74, 6) is -1.09. The van der Waals surface area contributed by atoms with Gasteiger partial charge >= 0.3 is 5.97 Å². The number of aliphatic carboxylic acids is 1. The Morgan fingerprint density at radius 3 is 2.52 bits per heavy atom. The Hall–Kier alpha value is -2.16. The number of carbonyl (C=O) groups is 1. The van der Waals surface area contributed by atoms with Gasteiger partial charge in [-0.05, 0) is 25.0 Å². The highest BCUT2D eigenvalue weighted by atomic mass is 32.2. The van der Waals surface area contributed by atoms with E-state index in [0.717, 1.165) is 25.2 Å². The molecule has 0 heterocycles. The summed E-state index contributed by atoms with van der Waals surface area (Å²) in [4.78, 5) is 22.7. The quantitative estimate of drug-likeness (QED) is 0.616. The molecule has 0 aromatic heterocycles. The highest BCUT2D eigenvalue weighted by Gasteiger charge is 2.34. The predicted molar refractivity (Wildman–Crippen MR) is 74.2 cm³/mol. The fourth-order valence-corrected chi connectivity index (χ4v) is 2.71. The van der Waals surface area contributed by atoms with Gasteiger partial charge in [0.1, 0.15) is 12.2 Å². The molecule has 0 spiro atoms. The van der Waals surface area contributed by atoms with Crippen molar-refractivity contribution in [3.8, 4) is 0 Å². The second-order valence-corrected chi connectivity index (χ2v) is 6.95. The van der Waals surface area contributed by atoms with Gasteiger partial charge in [0.05, 0.1) is 9.82 Å². The van der Waals surface area contributed by atoms with Gasteiger partial charge in [0, 0.05) is 18.4 Å². The second kappa shape index (κ2) is 5.32. The smallest absolute Gasteiger partial charge is 0.323 e. The number of nitro benzene ring substituents is 1. The summed E-state index contributed by atoms with van der Waals surface area (Å²) >= 11 is 0. The molecular weight excluding hydrogens is 300 g/mol. The summed E-state index contributed by atoms with van der Waals surface area (Å²) in [7, 11) is -3.57. The van der Waals surface area contributed by atoms with E-state index in [-0.39, 0.29) is 23.2 Å². The average molecular weight is 314 g/mol. The van der Waals surface area contributed by atoms with Crippen LogP contribution in [0, 0.1) is 10.1 Å². The minimum absolute atomic E-state index is 0.0520. The van der Waals surface area contributed by atoms with Crippen LogP contribution in [0.4, 0.5) is 11.4 Å². The lowest BCUT2D eigenvalue weighted by Crippen LogP contribution is -2.32. The van der Waals surface area contributed by atoms with E-state index in [1.54, 1.807) is 0 Å². The predicted octanol–water partition coefficient (Wildman–Crippen LogP) is 1.05. The van der Waals surface area contributed by atoms with E-state index in [2.05, 4.69) is 0 Å². The third-order valence-corrected chi connectivity index (χ3v) is 4.28. The summed E-state index contributed by atoms with van der Waals surface area (Å²) in [6.07, 6.45) is 2.48. The van der Waals surface area contributed by atoms with Crippen LogP contribution in [0.5, 0.6) is 0 Å². The maximum Gasteiger partial charge on any atom is 0.323 e. The molecule has 1 aromatic rings. The number of nitro groups is 1. The van der Waals surface area contributed by atoms with Crippen LogP contribution in [-0.4, -0.2) is 43.3 Å². The highest BCUT2D eigenvalue weighted by Crippen LogP contribution is 2.37. The number of sulfone groups is 1. The van der Waals surface area contributed by atoms with Crippen LogP contribution in [-0.2, 0) is 14.6 Å². The monoisotopic (exact) mass is 314 g/mol. The lowest BCUT2D eigenvalue weighted by atomic mass is 10.2. The molecule has 0 aliphatic heterocycles. The van der Waals surface area contributed by atoms with Crippen LogP contribution in [0.3, 0.4) is 0 Å². The van der Waals surface area contributed by atoms with Crippen molar-refractivity contribution in [2.24, 2.45) is 0 Å². The first-order valence-electron chi connectivity index (χ1n) is 6.17. The summed E-state index contributed by atoms with van der Waals surface area (Å²) in [5, 5.41) is 20.1. The Bertz CT molecular complexity index is 696. The number of carboxylic acids is 1. The molecule has 0 amide bonds. The van der Waals surface area contributed by atoms with Gasteiger partial charge in [0.25, 0.3) is 5.69 Å². The van der Waals surface area contributed by atoms with Gasteiger partial charge < -0.3 is 10.0 Å². The molecule has 1 aliphatic rings. The van der Waals surface area contributed by atoms with Crippen molar-refractivity contribution in [3.63, 3.8) is 0 Å². The topological polar surface area (TPSA) is 118 Å². The zero-order chi connectivity index (χ0) is 15.8. The first kappa shape index (κ1) is 15.2. The average Bonchev–Trinajstić information content (AvgIpc) is 3.18. The number of rotatable bonds is 6. The number of anilines is 1. The molecule has 1 aliphatic carbocycles. The molecule has 0 unspecified atom stereocenters. The molecule has 0 atom stereocenters. The maximum atomic E-state index is 11.5. The zero-order valence-electron chi connectivity index (χ0n) is 11.2. The summed E-state index contributed by atoms with van der Waals surface area (Å²) in [6, 6.07) is 3.48. The van der Waals surface area contributed by atoms with Crippen molar-refractivity contribution in [1.82, 2.24) is 0 Å². The van der Waals surface area contributed by atoms with Gasteiger partial charge in [-0.15, -0.1) is 0 Å². The normalized spacial score (nSPS) is 14.7. The van der Waals surface area contributed by atoms with Crippen LogP contribution in [0.15, 0.2) is 23.1 Å². The van der Waals surface area contributed by atoms with Gasteiger partial charge in [-0.2, -0.15) is 0 Å². The number of carboxylic acid groups (broad SMARTS) is 1. The maximum absolute atomic E-state index is 11.5. The van der Waals surface area contributed by atoms with E-state index < -0.39 is 26.4 Å². The molecule has 21 heavy (non-hydrogen) atoms. The van der Waals surface area contributed by atoms with Gasteiger partial charge in [-0.1, -0.05) is 0 Å². The van der Waals surface area contributed by atoms with Gasteiger partial charge in [0.15, 0.2) is 9.84 Å². The molecule has 9 heteroatoms. The number of benzene rings is 1. The standard InChI is InChI=1S/C12H14N2O6S/c1-21(19,20)9-4-5-10(11(6-9)14(17)18)13(7-12(15)16)8-2-3-8/h4-6,8H,2-3,7H2,1H3,(H,15,16). The van der Waals surface area contributed by atoms with Crippen LogP contribution in [0.25, 0.3) is 0 Å². The Morgan fingerprint density at radius 2 is 2.10 bits per heavy atom. The Balaban J connectivity index is 2.51. The second-order valence-electron chi connectivity index (χ2n) is 4.93. The molecular formula is C12H14N2O6S. The Kier molecular flexibility index (Phi) is 3.86. The molecule has 114 valence electrons. The molecule has 1 fully saturated rings. The summed E-state index contributed by atoms with van der Waals surface area (Å²) < 4.78 is 23.0. The third-order valence-electron chi connectivity index (χ3n) is 3.17. The van der Waals surface area contributed by atoms with E-state index >= 15 is 0 Å². The molecule has 1 aromatic carbocycles. The number of hydrogen-bond acceptors (Lipinski definition) is 6. The molecule has 0 bridgehead atoms. The van der Waals surface area contributed by atoms with Crippen molar-refractivity contribution in [3.05, 3.63) is 28.3 Å². The number of hydrogen-bond donors (Lipinski definition) is 1. The van der Waals surface area contributed by atoms with Crippen molar-refractivity contribution in [2.45, 2.75) is 23.8 Å². The summed E-state index contributed by atoms with van der Waals surface area (Å²) in [6.45, 7) is -0.357. The van der Waals surface area contributed by atoms with Gasteiger partial charge in [-0.3, -0.25) is 14.9 Å². The van der Waals surface area contributed by atoms with E-state index in [1.807, 2.05) is 0 Å². The molecule has 8 nitrogen and oxygen atoms in total. The van der Waals surface area contributed by atoms with Gasteiger partial charge in [0.2, 0.25) is 0 Å². The van der Waals surface area contributed by atoms with Crippen LogP contribution in [0.2, 0.25) is 0 Å². The third kappa shape index (κ3) is 3.48. The molecule has 0 radical (unpaired) electrons. The van der Waals surface area contributed by atoms with Crippen LogP contribution in [0.1, 0.15) is 12.8 Å². The first-order chi connectivity index (χ1) is 9.70. The van der Waals surface area contributed by atoms with E-state index in [0.29, 0.717) is 0 Å². The van der Waals surface area contributed by atoms with Gasteiger partial charge in [-0.25, -0.2) is 8.42 Å². The molecule has 1 saturated carbocycles. The van der Waals surface area contributed by atoms with Crippen molar-refractivity contribution in [2.75, 3.05) is 17.7 Å². The minimum Gasteiger partial charge on any atom is -0.480 e. The van der Waals surface area contributed by atoms with Crippen molar-refractivity contribution in [1.29, 1.82) is 0 Å². The van der Waals surface area contributed by atoms with Crippen LogP contribution >= 0.6 is 0 Å². The highest BCUT2D eigenvalue weighted by molar-refractivity contribution is 7.90. The first-order valence-corrected chi connectivity index (χ1v) is 8.06. The number of nitrogens with zero attached hydrogens (tertiary/aromatic N) is 2.